The van der Waals surface area contributed by atoms with Crippen LogP contribution in [0.5, 0.6) is 11.5 Å². The number of methoxy groups -OCH3 is 1. The second-order valence-electron chi connectivity index (χ2n) is 9.36. The molecule has 2 bridgehead atoms. The molecule has 4 aliphatic rings. The number of benzene rings is 2. The Morgan fingerprint density at radius 2 is 2.03 bits per heavy atom. The Hall–Kier alpha value is -2.83. The number of hydrogen-bond donors (Lipinski definition) is 2. The molecule has 0 radical (unpaired) electrons. The smallest absolute Gasteiger partial charge is 0.344 e. The molecule has 32 heavy (non-hydrogen) atoms. The van der Waals surface area contributed by atoms with Gasteiger partial charge in [0.2, 0.25) is 0 Å². The maximum atomic E-state index is 12.9. The zero-order valence-corrected chi connectivity index (χ0v) is 17.9. The van der Waals surface area contributed by atoms with E-state index >= 15 is 0 Å². The Morgan fingerprint density at radius 3 is 2.81 bits per heavy atom. The largest absolute Gasteiger partial charge is 0.493 e. The standard InChI is InChI=1S/C26H26O6/c1-30-18-10-9-16-14-17-8-5-12-25-20(16)22(18)32-23(25)19(11-13-26(17,25)29)31-24(28)21(27)15-6-3-2-4-7-15/h2-4,6-7,9-11,17,21,23,27,29H,5,8,12-14H2,1H3/t17-,21+,23+,25+,26-/m0/s1. The molecule has 166 valence electrons. The highest BCUT2D eigenvalue weighted by Crippen LogP contribution is 2.67. The van der Waals surface area contributed by atoms with E-state index in [9.17, 15) is 15.0 Å². The van der Waals surface area contributed by atoms with E-state index in [0.717, 1.165) is 31.2 Å². The summed E-state index contributed by atoms with van der Waals surface area (Å²) in [6.45, 7) is 0. The van der Waals surface area contributed by atoms with Crippen molar-refractivity contribution in [2.24, 2.45) is 5.92 Å². The van der Waals surface area contributed by atoms with Crippen molar-refractivity contribution < 1.29 is 29.2 Å². The summed E-state index contributed by atoms with van der Waals surface area (Å²) in [5.41, 5.74) is 1.00. The zero-order chi connectivity index (χ0) is 22.1. The molecule has 1 heterocycles. The number of aliphatic hydroxyl groups excluding tert-OH is 1. The van der Waals surface area contributed by atoms with Gasteiger partial charge < -0.3 is 24.4 Å². The van der Waals surface area contributed by atoms with Crippen molar-refractivity contribution in [3.05, 3.63) is 71.0 Å². The monoisotopic (exact) mass is 434 g/mol. The first-order chi connectivity index (χ1) is 15.5. The summed E-state index contributed by atoms with van der Waals surface area (Å²) in [4.78, 5) is 12.9. The average molecular weight is 434 g/mol. The third-order valence-corrected chi connectivity index (χ3v) is 8.02. The van der Waals surface area contributed by atoms with Crippen LogP contribution in [0.3, 0.4) is 0 Å². The molecule has 6 rings (SSSR count). The lowest BCUT2D eigenvalue weighted by Gasteiger charge is -2.59. The van der Waals surface area contributed by atoms with Crippen LogP contribution >= 0.6 is 0 Å². The maximum Gasteiger partial charge on any atom is 0.344 e. The second-order valence-corrected chi connectivity index (χ2v) is 9.36. The topological polar surface area (TPSA) is 85.2 Å². The molecule has 6 heteroatoms. The highest BCUT2D eigenvalue weighted by molar-refractivity contribution is 5.77. The summed E-state index contributed by atoms with van der Waals surface area (Å²) < 4.78 is 17.8. The third-order valence-electron chi connectivity index (χ3n) is 8.02. The van der Waals surface area contributed by atoms with Crippen molar-refractivity contribution in [1.82, 2.24) is 0 Å². The highest BCUT2D eigenvalue weighted by atomic mass is 16.6. The molecule has 0 unspecified atom stereocenters. The summed E-state index contributed by atoms with van der Waals surface area (Å²) in [6, 6.07) is 12.7. The molecule has 0 saturated heterocycles. The van der Waals surface area contributed by atoms with Crippen LogP contribution in [0.15, 0.2) is 54.3 Å². The molecule has 2 aromatic rings. The van der Waals surface area contributed by atoms with Crippen molar-refractivity contribution in [3.63, 3.8) is 0 Å². The Balaban J connectivity index is 1.42. The normalized spacial score (nSPS) is 32.3. The lowest BCUT2D eigenvalue weighted by atomic mass is 9.47. The molecule has 2 aromatic carbocycles. The van der Waals surface area contributed by atoms with E-state index in [0.29, 0.717) is 29.2 Å². The van der Waals surface area contributed by atoms with Crippen LogP contribution in [-0.2, 0) is 21.4 Å². The summed E-state index contributed by atoms with van der Waals surface area (Å²) in [7, 11) is 1.60. The Morgan fingerprint density at radius 1 is 1.22 bits per heavy atom. The molecule has 1 fully saturated rings. The molecule has 5 atom stereocenters. The van der Waals surface area contributed by atoms with Crippen molar-refractivity contribution in [2.45, 2.75) is 55.3 Å². The fourth-order valence-corrected chi connectivity index (χ4v) is 6.63. The van der Waals surface area contributed by atoms with Gasteiger partial charge in [0, 0.05) is 5.56 Å². The van der Waals surface area contributed by atoms with Crippen LogP contribution in [0.1, 0.15) is 48.5 Å². The minimum Gasteiger partial charge on any atom is -0.493 e. The minimum atomic E-state index is -1.39. The van der Waals surface area contributed by atoms with Crippen LogP contribution in [0.2, 0.25) is 0 Å². The van der Waals surface area contributed by atoms with Gasteiger partial charge in [-0.25, -0.2) is 4.79 Å². The number of hydrogen-bond acceptors (Lipinski definition) is 6. The fourth-order valence-electron chi connectivity index (χ4n) is 6.63. The van der Waals surface area contributed by atoms with Crippen LogP contribution in [-0.4, -0.2) is 35.0 Å². The predicted octanol–water partition coefficient (Wildman–Crippen LogP) is 3.35. The number of ether oxygens (including phenoxy) is 3. The van der Waals surface area contributed by atoms with Gasteiger partial charge in [0.25, 0.3) is 0 Å². The third kappa shape index (κ3) is 2.39. The van der Waals surface area contributed by atoms with Gasteiger partial charge in [-0.05, 0) is 54.9 Å². The summed E-state index contributed by atoms with van der Waals surface area (Å²) in [5, 5.41) is 22.6. The Labute approximate surface area is 186 Å². The summed E-state index contributed by atoms with van der Waals surface area (Å²) in [6.07, 6.45) is 3.61. The summed E-state index contributed by atoms with van der Waals surface area (Å²) in [5.74, 6) is 0.994. The number of esters is 1. The quantitative estimate of drug-likeness (QED) is 0.718. The van der Waals surface area contributed by atoms with Gasteiger partial charge in [0.05, 0.1) is 18.1 Å². The van der Waals surface area contributed by atoms with E-state index in [1.807, 2.05) is 12.1 Å². The van der Waals surface area contributed by atoms with Crippen LogP contribution in [0.25, 0.3) is 0 Å². The van der Waals surface area contributed by atoms with Crippen LogP contribution in [0.4, 0.5) is 0 Å². The summed E-state index contributed by atoms with van der Waals surface area (Å²) >= 11 is 0. The fraction of sp³-hybridized carbons (Fsp3) is 0.423. The molecule has 1 spiro atoms. The lowest BCUT2D eigenvalue weighted by molar-refractivity contribution is -0.165. The van der Waals surface area contributed by atoms with Crippen LogP contribution in [0, 0.1) is 5.92 Å². The van der Waals surface area contributed by atoms with Crippen molar-refractivity contribution in [3.8, 4) is 11.5 Å². The average Bonchev–Trinajstić information content (AvgIpc) is 3.15. The molecule has 3 aliphatic carbocycles. The highest BCUT2D eigenvalue weighted by Gasteiger charge is 2.70. The van der Waals surface area contributed by atoms with Crippen molar-refractivity contribution >= 4 is 5.97 Å². The minimum absolute atomic E-state index is 0.123. The van der Waals surface area contributed by atoms with Crippen LogP contribution < -0.4 is 9.47 Å². The first-order valence-electron chi connectivity index (χ1n) is 11.2. The van der Waals surface area contributed by atoms with E-state index < -0.39 is 29.2 Å². The lowest BCUT2D eigenvalue weighted by Crippen LogP contribution is -2.67. The molecular weight excluding hydrogens is 408 g/mol. The first kappa shape index (κ1) is 19.8. The number of rotatable bonds is 4. The van der Waals surface area contributed by atoms with Crippen molar-refractivity contribution in [1.29, 1.82) is 0 Å². The Bertz CT molecular complexity index is 1120. The van der Waals surface area contributed by atoms with Gasteiger partial charge in [-0.2, -0.15) is 0 Å². The Kier molecular flexibility index (Phi) is 4.23. The van der Waals surface area contributed by atoms with Gasteiger partial charge in [-0.1, -0.05) is 42.8 Å². The molecular formula is C26H26O6. The molecule has 1 saturated carbocycles. The molecule has 2 N–H and O–H groups in total. The second kappa shape index (κ2) is 6.83. The van der Waals surface area contributed by atoms with Gasteiger partial charge in [0.1, 0.15) is 5.76 Å². The van der Waals surface area contributed by atoms with E-state index in [1.165, 1.54) is 5.56 Å². The molecule has 0 aromatic heterocycles. The van der Waals surface area contributed by atoms with Gasteiger partial charge in [-0.15, -0.1) is 0 Å². The van der Waals surface area contributed by atoms with E-state index in [4.69, 9.17) is 14.2 Å². The zero-order valence-electron chi connectivity index (χ0n) is 17.9. The number of carbonyl (C=O) groups is 1. The SMILES string of the molecule is COc1ccc2c3c1O[C@@H]1C(OC(=O)[C@H](O)c4ccccc4)=CC[C@]4(O)[C@@H](CCC[C@@]314)C2. The first-order valence-corrected chi connectivity index (χ1v) is 11.2. The molecule has 0 amide bonds. The molecule has 6 nitrogen and oxygen atoms in total. The van der Waals surface area contributed by atoms with E-state index in [-0.39, 0.29) is 5.92 Å². The predicted molar refractivity (Wildman–Crippen MR) is 115 cm³/mol. The number of carbonyl (C=O) groups excluding carboxylic acids is 1. The van der Waals surface area contributed by atoms with Gasteiger partial charge in [-0.3, -0.25) is 0 Å². The van der Waals surface area contributed by atoms with Gasteiger partial charge in [0.15, 0.2) is 23.7 Å². The van der Waals surface area contributed by atoms with Gasteiger partial charge >= 0.3 is 5.97 Å². The van der Waals surface area contributed by atoms with E-state index in [2.05, 4.69) is 6.07 Å². The van der Waals surface area contributed by atoms with Crippen molar-refractivity contribution in [2.75, 3.05) is 7.11 Å². The number of aliphatic hydroxyl groups is 2. The molecule has 1 aliphatic heterocycles. The van der Waals surface area contributed by atoms with E-state index in [1.54, 1.807) is 37.5 Å². The maximum absolute atomic E-state index is 12.9.